The molecule has 0 atom stereocenters. The number of rotatable bonds is 8. The van der Waals surface area contributed by atoms with Gasteiger partial charge in [0.05, 0.1) is 25.9 Å². The fourth-order valence-electron chi connectivity index (χ4n) is 6.20. The average molecular weight is 634 g/mol. The number of amides is 2. The lowest BCUT2D eigenvalue weighted by molar-refractivity contribution is -0.117. The van der Waals surface area contributed by atoms with Gasteiger partial charge in [0.1, 0.15) is 10.8 Å². The molecule has 6 rings (SSSR count). The van der Waals surface area contributed by atoms with Gasteiger partial charge in [-0.2, -0.15) is 12.7 Å². The van der Waals surface area contributed by atoms with Crippen molar-refractivity contribution >= 4 is 50.3 Å². The Bertz CT molecular complexity index is 1870. The van der Waals surface area contributed by atoms with E-state index < -0.39 is 16.1 Å². The van der Waals surface area contributed by atoms with Gasteiger partial charge in [0.2, 0.25) is 5.91 Å². The summed E-state index contributed by atoms with van der Waals surface area (Å²) in [4.78, 5) is 31.1. The number of benzene rings is 2. The summed E-state index contributed by atoms with van der Waals surface area (Å²) in [6, 6.07) is 11.3. The van der Waals surface area contributed by atoms with Crippen molar-refractivity contribution in [1.82, 2.24) is 23.9 Å². The van der Waals surface area contributed by atoms with Gasteiger partial charge in [0.15, 0.2) is 0 Å². The Hall–Kier alpha value is -4.00. The van der Waals surface area contributed by atoms with Crippen LogP contribution < -0.4 is 14.8 Å². The molecule has 1 aliphatic carbocycles. The number of fused-ring (bicyclic) bond motifs is 5. The van der Waals surface area contributed by atoms with Gasteiger partial charge >= 0.3 is 10.2 Å². The lowest BCUT2D eigenvalue weighted by Gasteiger charge is -2.24. The highest BCUT2D eigenvalue weighted by Gasteiger charge is 2.31. The fourth-order valence-corrected chi connectivity index (χ4v) is 7.29. The van der Waals surface area contributed by atoms with Crippen molar-refractivity contribution in [3.63, 3.8) is 0 Å². The van der Waals surface area contributed by atoms with Crippen molar-refractivity contribution in [2.24, 2.45) is 0 Å². The first-order valence-electron chi connectivity index (χ1n) is 14.6. The number of thiazole rings is 1. The third-order valence-corrected chi connectivity index (χ3v) is 10.6. The van der Waals surface area contributed by atoms with Crippen LogP contribution in [0.1, 0.15) is 64.5 Å². The molecule has 0 radical (unpaired) electrons. The molecular formula is C32H35N5O5S2. The van der Waals surface area contributed by atoms with E-state index in [0.717, 1.165) is 62.7 Å². The highest BCUT2D eigenvalue weighted by Crippen LogP contribution is 2.47. The molecule has 4 aromatic rings. The lowest BCUT2D eigenvalue weighted by atomic mass is 9.81. The molecule has 2 amide bonds. The maximum Gasteiger partial charge on any atom is 0.303 e. The molecule has 1 aliphatic heterocycles. The fraction of sp³-hybridized carbons (Fsp3) is 0.344. The smallest absolute Gasteiger partial charge is 0.303 e. The summed E-state index contributed by atoms with van der Waals surface area (Å²) in [5, 5.41) is 6.70. The molecule has 1 fully saturated rings. The first-order valence-corrected chi connectivity index (χ1v) is 16.9. The number of carbonyl (C=O) groups is 2. The molecule has 0 spiro atoms. The maximum absolute atomic E-state index is 13.7. The Morgan fingerprint density at radius 1 is 1.09 bits per heavy atom. The average Bonchev–Trinajstić information content (AvgIpc) is 3.61. The zero-order chi connectivity index (χ0) is 31.0. The van der Waals surface area contributed by atoms with Gasteiger partial charge in [-0.15, -0.1) is 11.3 Å². The Morgan fingerprint density at radius 2 is 1.89 bits per heavy atom. The van der Waals surface area contributed by atoms with Crippen molar-refractivity contribution in [2.75, 3.05) is 21.2 Å². The number of carbonyl (C=O) groups excluding carboxylic acids is 2. The predicted octanol–water partition coefficient (Wildman–Crippen LogP) is 5.07. The lowest BCUT2D eigenvalue weighted by Crippen LogP contribution is -2.39. The first-order chi connectivity index (χ1) is 21.2. The summed E-state index contributed by atoms with van der Waals surface area (Å²) in [5.74, 6) is 0.0684. The van der Waals surface area contributed by atoms with Crippen LogP contribution in [0.2, 0.25) is 0 Å². The maximum atomic E-state index is 13.7. The van der Waals surface area contributed by atoms with Gasteiger partial charge in [0.25, 0.3) is 5.91 Å². The van der Waals surface area contributed by atoms with Crippen molar-refractivity contribution < 1.29 is 22.7 Å². The summed E-state index contributed by atoms with van der Waals surface area (Å²) in [6.45, 7) is 0.580. The van der Waals surface area contributed by atoms with E-state index in [4.69, 9.17) is 4.74 Å². The topological polar surface area (TPSA) is 123 Å². The Balaban J connectivity index is 1.52. The minimum Gasteiger partial charge on any atom is -0.497 e. The van der Waals surface area contributed by atoms with Crippen LogP contribution in [0, 0.1) is 0 Å². The highest BCUT2D eigenvalue weighted by molar-refractivity contribution is 7.87. The molecule has 3 heterocycles. The molecular weight excluding hydrogens is 599 g/mol. The zero-order valence-corrected chi connectivity index (χ0v) is 26.6. The molecule has 0 bridgehead atoms. The number of hydrogen-bond donors (Lipinski definition) is 2. The van der Waals surface area contributed by atoms with E-state index in [1.54, 1.807) is 25.4 Å². The zero-order valence-electron chi connectivity index (χ0n) is 24.9. The molecule has 44 heavy (non-hydrogen) atoms. The summed E-state index contributed by atoms with van der Waals surface area (Å²) in [7, 11) is 0.372. The van der Waals surface area contributed by atoms with Gasteiger partial charge in [-0.1, -0.05) is 25.3 Å². The molecule has 2 aromatic carbocycles. The van der Waals surface area contributed by atoms with Gasteiger partial charge in [-0.3, -0.25) is 9.59 Å². The number of aromatic nitrogens is 2. The second-order valence-corrected chi connectivity index (χ2v) is 14.2. The minimum atomic E-state index is -3.98. The van der Waals surface area contributed by atoms with Crippen molar-refractivity contribution in [2.45, 2.75) is 51.1 Å². The molecule has 2 aliphatic rings. The van der Waals surface area contributed by atoms with Crippen molar-refractivity contribution in [1.29, 1.82) is 0 Å². The van der Waals surface area contributed by atoms with Crippen LogP contribution in [0.3, 0.4) is 0 Å². The second-order valence-electron chi connectivity index (χ2n) is 11.4. The van der Waals surface area contributed by atoms with E-state index in [9.17, 15) is 18.0 Å². The second kappa shape index (κ2) is 12.2. The van der Waals surface area contributed by atoms with Crippen LogP contribution in [0.5, 0.6) is 5.75 Å². The number of hydrogen-bond acceptors (Lipinski definition) is 7. The largest absolute Gasteiger partial charge is 0.497 e. The third-order valence-electron chi connectivity index (χ3n) is 8.43. The van der Waals surface area contributed by atoms with Crippen LogP contribution in [0.25, 0.3) is 28.2 Å². The van der Waals surface area contributed by atoms with Crippen LogP contribution in [-0.4, -0.2) is 55.3 Å². The van der Waals surface area contributed by atoms with Gasteiger partial charge in [0, 0.05) is 53.3 Å². The molecule has 12 heteroatoms. The highest BCUT2D eigenvalue weighted by atomic mass is 32.2. The molecule has 230 valence electrons. The standard InChI is InChI=1S/C32H35N5O5S2/c1-36(2)44(40,41)35-32(39)21-9-11-26-27(17-21)37-19-23(31(38)34-18-28-33-13-14-43-28)15-22-16-24(42-3)10-12-25(22)30(37)29(26)20-7-5-4-6-8-20/h9-17,20H,4-8,18-19H2,1-3H3,(H,34,38)(H,35,39). The van der Waals surface area contributed by atoms with Crippen LogP contribution >= 0.6 is 11.3 Å². The Labute approximate surface area is 260 Å². The first kappa shape index (κ1) is 30.0. The van der Waals surface area contributed by atoms with Gasteiger partial charge in [-0.25, -0.2) is 9.71 Å². The van der Waals surface area contributed by atoms with E-state index in [-0.39, 0.29) is 18.0 Å². The SMILES string of the molecule is COc1ccc2c(c1)C=C(C(=O)NCc1nccs1)Cn1c-2c(C2CCCCC2)c2ccc(C(=O)NS(=O)(=O)N(C)C)cc21. The van der Waals surface area contributed by atoms with Crippen molar-refractivity contribution in [3.8, 4) is 17.0 Å². The van der Waals surface area contributed by atoms with E-state index in [1.807, 2.05) is 35.7 Å². The summed E-state index contributed by atoms with van der Waals surface area (Å²) in [5.41, 5.74) is 5.61. The van der Waals surface area contributed by atoms with Crippen LogP contribution in [-0.2, 0) is 28.1 Å². The minimum absolute atomic E-state index is 0.214. The van der Waals surface area contributed by atoms with Gasteiger partial charge in [-0.05, 0) is 66.3 Å². The van der Waals surface area contributed by atoms with Crippen LogP contribution in [0.15, 0.2) is 53.5 Å². The molecule has 1 saturated carbocycles. The van der Waals surface area contributed by atoms with Crippen LogP contribution in [0.4, 0.5) is 0 Å². The number of nitrogens with one attached hydrogen (secondary N) is 2. The Morgan fingerprint density at radius 3 is 2.59 bits per heavy atom. The molecule has 2 aromatic heterocycles. The monoisotopic (exact) mass is 633 g/mol. The molecule has 0 saturated heterocycles. The quantitative estimate of drug-likeness (QED) is 0.279. The Kier molecular flexibility index (Phi) is 8.32. The summed E-state index contributed by atoms with van der Waals surface area (Å²) in [6.07, 6.45) is 9.20. The van der Waals surface area contributed by atoms with E-state index in [2.05, 4.69) is 19.6 Å². The summed E-state index contributed by atoms with van der Waals surface area (Å²) >= 11 is 1.48. The van der Waals surface area contributed by atoms with Gasteiger partial charge < -0.3 is 14.6 Å². The molecule has 2 N–H and O–H groups in total. The molecule has 10 nitrogen and oxygen atoms in total. The number of nitrogens with zero attached hydrogens (tertiary/aromatic N) is 3. The predicted molar refractivity (Wildman–Crippen MR) is 172 cm³/mol. The summed E-state index contributed by atoms with van der Waals surface area (Å²) < 4.78 is 35.7. The molecule has 0 unspecified atom stereocenters. The van der Waals surface area contributed by atoms with E-state index >= 15 is 0 Å². The number of methoxy groups -OCH3 is 1. The van der Waals surface area contributed by atoms with Crippen molar-refractivity contribution in [3.05, 3.63) is 75.2 Å². The number of ether oxygens (including phenoxy) is 1. The normalized spacial score (nSPS) is 15.3. The van der Waals surface area contributed by atoms with E-state index in [1.165, 1.54) is 37.4 Å². The van der Waals surface area contributed by atoms with E-state index in [0.29, 0.717) is 23.8 Å². The third kappa shape index (κ3) is 5.76.